The van der Waals surface area contributed by atoms with Crippen molar-refractivity contribution >= 4 is 15.9 Å². The van der Waals surface area contributed by atoms with Crippen molar-refractivity contribution in [3.63, 3.8) is 0 Å². The van der Waals surface area contributed by atoms with E-state index in [0.29, 0.717) is 12.0 Å². The minimum atomic E-state index is -1.50. The van der Waals surface area contributed by atoms with Crippen LogP contribution in [0, 0.1) is 0 Å². The summed E-state index contributed by atoms with van der Waals surface area (Å²) < 4.78 is 15.9. The molecule has 1 nitrogen and oxygen atoms in total. The van der Waals surface area contributed by atoms with E-state index in [0.717, 1.165) is 10.0 Å². The summed E-state index contributed by atoms with van der Waals surface area (Å²) in [7, 11) is 0. The Labute approximate surface area is 115 Å². The first kappa shape index (κ1) is 13.2. The molecule has 2 rings (SSSR count). The maximum absolute atomic E-state index is 14.9. The van der Waals surface area contributed by atoms with Crippen LogP contribution in [-0.4, -0.2) is 6.54 Å². The molecule has 0 heterocycles. The first-order valence-electron chi connectivity index (χ1n) is 5.83. The summed E-state index contributed by atoms with van der Waals surface area (Å²) >= 11 is 3.37. The summed E-state index contributed by atoms with van der Waals surface area (Å²) in [6.07, 6.45) is 0.292. The van der Waals surface area contributed by atoms with E-state index in [9.17, 15) is 4.39 Å². The minimum Gasteiger partial charge on any atom is -0.327 e. The lowest BCUT2D eigenvalue weighted by Gasteiger charge is -2.24. The third-order valence-electron chi connectivity index (χ3n) is 3.01. The molecule has 0 aliphatic rings. The van der Waals surface area contributed by atoms with Crippen LogP contribution in [0.25, 0.3) is 0 Å². The van der Waals surface area contributed by atoms with E-state index in [-0.39, 0.29) is 6.54 Å². The van der Waals surface area contributed by atoms with E-state index in [1.807, 2.05) is 42.5 Å². The summed E-state index contributed by atoms with van der Waals surface area (Å²) in [4.78, 5) is 0. The second-order valence-electron chi connectivity index (χ2n) is 4.34. The topological polar surface area (TPSA) is 26.0 Å². The Balaban J connectivity index is 2.26. The molecule has 0 bridgehead atoms. The van der Waals surface area contributed by atoms with Gasteiger partial charge in [-0.05, 0) is 23.3 Å². The van der Waals surface area contributed by atoms with Gasteiger partial charge in [0.15, 0.2) is 5.67 Å². The average molecular weight is 308 g/mol. The van der Waals surface area contributed by atoms with E-state index in [4.69, 9.17) is 5.73 Å². The number of rotatable bonds is 4. The smallest absolute Gasteiger partial charge is 0.152 e. The normalized spacial score (nSPS) is 14.2. The van der Waals surface area contributed by atoms with Gasteiger partial charge in [0, 0.05) is 17.4 Å². The zero-order chi connectivity index (χ0) is 13.0. The van der Waals surface area contributed by atoms with Crippen LogP contribution in [0.1, 0.15) is 11.1 Å². The Hall–Kier alpha value is -1.19. The third-order valence-corrected chi connectivity index (χ3v) is 3.54. The molecule has 2 aromatic rings. The standard InChI is InChI=1S/C15H15BrFN/c16-14-8-6-12(7-9-14)10-15(17,11-18)13-4-2-1-3-5-13/h1-9H,10-11,18H2. The summed E-state index contributed by atoms with van der Waals surface area (Å²) in [5.41, 5.74) is 5.70. The van der Waals surface area contributed by atoms with Gasteiger partial charge in [-0.25, -0.2) is 4.39 Å². The second kappa shape index (κ2) is 5.63. The van der Waals surface area contributed by atoms with Crippen molar-refractivity contribution in [2.45, 2.75) is 12.1 Å². The van der Waals surface area contributed by atoms with Crippen molar-refractivity contribution in [1.82, 2.24) is 0 Å². The highest BCUT2D eigenvalue weighted by molar-refractivity contribution is 9.10. The molecule has 0 spiro atoms. The molecule has 2 aromatic carbocycles. The van der Waals surface area contributed by atoms with E-state index in [1.165, 1.54) is 0 Å². The lowest BCUT2D eigenvalue weighted by molar-refractivity contribution is 0.175. The van der Waals surface area contributed by atoms with Gasteiger partial charge in [-0.15, -0.1) is 0 Å². The summed E-state index contributed by atoms with van der Waals surface area (Å²) in [5.74, 6) is 0. The fraction of sp³-hybridized carbons (Fsp3) is 0.200. The number of nitrogens with two attached hydrogens (primary N) is 1. The maximum Gasteiger partial charge on any atom is 0.152 e. The molecular weight excluding hydrogens is 293 g/mol. The minimum absolute atomic E-state index is 0.0208. The SMILES string of the molecule is NCC(F)(Cc1ccc(Br)cc1)c1ccccc1. The number of benzene rings is 2. The van der Waals surface area contributed by atoms with Crippen LogP contribution < -0.4 is 5.73 Å². The Bertz CT molecular complexity index is 498. The number of hydrogen-bond donors (Lipinski definition) is 1. The highest BCUT2D eigenvalue weighted by Crippen LogP contribution is 2.29. The van der Waals surface area contributed by atoms with Gasteiger partial charge in [-0.3, -0.25) is 0 Å². The van der Waals surface area contributed by atoms with Gasteiger partial charge < -0.3 is 5.73 Å². The largest absolute Gasteiger partial charge is 0.327 e. The molecule has 0 radical (unpaired) electrons. The molecule has 0 aromatic heterocycles. The van der Waals surface area contributed by atoms with E-state index in [1.54, 1.807) is 12.1 Å². The predicted molar refractivity (Wildman–Crippen MR) is 76.1 cm³/mol. The van der Waals surface area contributed by atoms with E-state index < -0.39 is 5.67 Å². The molecule has 3 heteroatoms. The number of halogens is 2. The van der Waals surface area contributed by atoms with Crippen LogP contribution in [0.3, 0.4) is 0 Å². The number of hydrogen-bond acceptors (Lipinski definition) is 1. The zero-order valence-corrected chi connectivity index (χ0v) is 11.5. The molecule has 2 N–H and O–H groups in total. The van der Waals surface area contributed by atoms with Gasteiger partial charge in [0.05, 0.1) is 0 Å². The first-order chi connectivity index (χ1) is 8.64. The van der Waals surface area contributed by atoms with Gasteiger partial charge in [0.25, 0.3) is 0 Å². The lowest BCUT2D eigenvalue weighted by atomic mass is 9.89. The zero-order valence-electron chi connectivity index (χ0n) is 9.94. The number of alkyl halides is 1. The van der Waals surface area contributed by atoms with Crippen LogP contribution in [0.5, 0.6) is 0 Å². The Morgan fingerprint density at radius 3 is 2.17 bits per heavy atom. The van der Waals surface area contributed by atoms with Gasteiger partial charge in [0.2, 0.25) is 0 Å². The van der Waals surface area contributed by atoms with Crippen molar-refractivity contribution in [2.24, 2.45) is 5.73 Å². The lowest BCUT2D eigenvalue weighted by Crippen LogP contribution is -2.32. The molecule has 0 saturated carbocycles. The molecule has 94 valence electrons. The van der Waals surface area contributed by atoms with Crippen LogP contribution in [0.15, 0.2) is 59.1 Å². The molecule has 1 unspecified atom stereocenters. The average Bonchev–Trinajstić information content (AvgIpc) is 2.42. The molecule has 1 atom stereocenters. The van der Waals surface area contributed by atoms with Crippen molar-refractivity contribution < 1.29 is 4.39 Å². The van der Waals surface area contributed by atoms with Crippen molar-refractivity contribution in [1.29, 1.82) is 0 Å². The molecule has 18 heavy (non-hydrogen) atoms. The van der Waals surface area contributed by atoms with Crippen LogP contribution in [-0.2, 0) is 12.1 Å². The van der Waals surface area contributed by atoms with Gasteiger partial charge >= 0.3 is 0 Å². The fourth-order valence-electron chi connectivity index (χ4n) is 1.95. The van der Waals surface area contributed by atoms with Crippen LogP contribution in [0.2, 0.25) is 0 Å². The van der Waals surface area contributed by atoms with Gasteiger partial charge in [-0.1, -0.05) is 58.4 Å². The molecule has 0 aliphatic carbocycles. The second-order valence-corrected chi connectivity index (χ2v) is 5.25. The highest BCUT2D eigenvalue weighted by atomic mass is 79.9. The predicted octanol–water partition coefficient (Wildman–Crippen LogP) is 3.82. The van der Waals surface area contributed by atoms with Crippen LogP contribution >= 0.6 is 15.9 Å². The summed E-state index contributed by atoms with van der Waals surface area (Å²) in [6, 6.07) is 16.8. The van der Waals surface area contributed by atoms with Crippen LogP contribution in [0.4, 0.5) is 4.39 Å². The van der Waals surface area contributed by atoms with Crippen molar-refractivity contribution in [3.8, 4) is 0 Å². The molecular formula is C15H15BrFN. The quantitative estimate of drug-likeness (QED) is 0.913. The van der Waals surface area contributed by atoms with Crippen molar-refractivity contribution in [2.75, 3.05) is 6.54 Å². The molecule has 0 aliphatic heterocycles. The molecule has 0 amide bonds. The Morgan fingerprint density at radius 1 is 1.00 bits per heavy atom. The third kappa shape index (κ3) is 2.98. The molecule has 0 fully saturated rings. The summed E-state index contributed by atoms with van der Waals surface area (Å²) in [5, 5.41) is 0. The van der Waals surface area contributed by atoms with Gasteiger partial charge in [-0.2, -0.15) is 0 Å². The fourth-order valence-corrected chi connectivity index (χ4v) is 2.22. The first-order valence-corrected chi connectivity index (χ1v) is 6.62. The van der Waals surface area contributed by atoms with Crippen molar-refractivity contribution in [3.05, 3.63) is 70.2 Å². The monoisotopic (exact) mass is 307 g/mol. The summed E-state index contributed by atoms with van der Waals surface area (Å²) in [6.45, 7) is -0.0208. The molecule has 0 saturated heterocycles. The Morgan fingerprint density at radius 2 is 1.61 bits per heavy atom. The Kier molecular flexibility index (Phi) is 4.15. The van der Waals surface area contributed by atoms with E-state index in [2.05, 4.69) is 15.9 Å². The van der Waals surface area contributed by atoms with Gasteiger partial charge in [0.1, 0.15) is 0 Å². The van der Waals surface area contributed by atoms with E-state index >= 15 is 0 Å². The maximum atomic E-state index is 14.9. The highest BCUT2D eigenvalue weighted by Gasteiger charge is 2.30.